The molecule has 1 amide bonds. The summed E-state index contributed by atoms with van der Waals surface area (Å²) in [7, 11) is -1.57. The molecule has 1 aromatic carbocycles. The van der Waals surface area contributed by atoms with Gasteiger partial charge in [0.15, 0.2) is 0 Å². The van der Waals surface area contributed by atoms with E-state index in [9.17, 15) is 13.2 Å². The number of nitrogens with zero attached hydrogens (tertiary/aromatic N) is 3. The van der Waals surface area contributed by atoms with Gasteiger partial charge in [0.1, 0.15) is 0 Å². The van der Waals surface area contributed by atoms with E-state index in [1.165, 1.54) is 29.6 Å². The van der Waals surface area contributed by atoms with Crippen LogP contribution in [0.15, 0.2) is 29.2 Å². The lowest BCUT2D eigenvalue weighted by Crippen LogP contribution is -2.47. The maximum Gasteiger partial charge on any atom is 0.251 e. The highest BCUT2D eigenvalue weighted by atomic mass is 32.2. The quantitative estimate of drug-likeness (QED) is 0.687. The molecular formula is C20H32N4O3S. The van der Waals surface area contributed by atoms with Gasteiger partial charge in [-0.05, 0) is 64.1 Å². The van der Waals surface area contributed by atoms with E-state index in [2.05, 4.69) is 15.1 Å². The average molecular weight is 409 g/mol. The highest BCUT2D eigenvalue weighted by molar-refractivity contribution is 7.89. The minimum atomic E-state index is -3.56. The lowest BCUT2D eigenvalue weighted by molar-refractivity contribution is 0.0951. The lowest BCUT2D eigenvalue weighted by Gasteiger charge is -2.31. The highest BCUT2D eigenvalue weighted by Gasteiger charge is 2.27. The first kappa shape index (κ1) is 21.2. The van der Waals surface area contributed by atoms with Crippen LogP contribution in [0, 0.1) is 0 Å². The number of hydrogen-bond acceptors (Lipinski definition) is 5. The first-order valence-electron chi connectivity index (χ1n) is 10.3. The van der Waals surface area contributed by atoms with Gasteiger partial charge >= 0.3 is 0 Å². The summed E-state index contributed by atoms with van der Waals surface area (Å²) in [5, 5.41) is 2.92. The number of carbonyl (C=O) groups is 1. The molecule has 0 spiro atoms. The molecule has 1 N–H and O–H groups in total. The van der Waals surface area contributed by atoms with Crippen molar-refractivity contribution < 1.29 is 13.2 Å². The van der Waals surface area contributed by atoms with Crippen LogP contribution in [-0.4, -0.2) is 87.8 Å². The summed E-state index contributed by atoms with van der Waals surface area (Å²) in [6.07, 6.45) is 4.76. The Hall–Kier alpha value is -1.48. The zero-order valence-corrected chi connectivity index (χ0v) is 17.6. The summed E-state index contributed by atoms with van der Waals surface area (Å²) >= 11 is 0. The first-order valence-corrected chi connectivity index (χ1v) is 11.7. The highest BCUT2D eigenvalue weighted by Crippen LogP contribution is 2.18. The van der Waals surface area contributed by atoms with Crippen molar-refractivity contribution in [1.82, 2.24) is 19.4 Å². The van der Waals surface area contributed by atoms with Crippen molar-refractivity contribution in [2.24, 2.45) is 0 Å². The van der Waals surface area contributed by atoms with Crippen molar-refractivity contribution in [1.29, 1.82) is 0 Å². The largest absolute Gasteiger partial charge is 0.352 e. The van der Waals surface area contributed by atoms with Gasteiger partial charge in [-0.2, -0.15) is 4.31 Å². The van der Waals surface area contributed by atoms with Gasteiger partial charge in [0, 0.05) is 38.3 Å². The second-order valence-corrected chi connectivity index (χ2v) is 9.68. The Morgan fingerprint density at radius 3 is 2.46 bits per heavy atom. The van der Waals surface area contributed by atoms with Crippen LogP contribution in [-0.2, 0) is 10.0 Å². The van der Waals surface area contributed by atoms with Crippen LogP contribution >= 0.6 is 0 Å². The molecule has 0 saturated carbocycles. The Morgan fingerprint density at radius 2 is 1.75 bits per heavy atom. The van der Waals surface area contributed by atoms with E-state index >= 15 is 0 Å². The summed E-state index contributed by atoms with van der Waals surface area (Å²) in [5.41, 5.74) is 0.396. The van der Waals surface area contributed by atoms with Crippen molar-refractivity contribution in [2.45, 2.75) is 30.6 Å². The van der Waals surface area contributed by atoms with Crippen molar-refractivity contribution >= 4 is 15.9 Å². The Balaban J connectivity index is 1.53. The topological polar surface area (TPSA) is 73.0 Å². The SMILES string of the molecule is CN1CCN(S(=O)(=O)c2cccc(C(=O)NCCCN3CCCCC3)c2)CC1. The Labute approximate surface area is 168 Å². The Morgan fingerprint density at radius 1 is 1.04 bits per heavy atom. The molecular weight excluding hydrogens is 376 g/mol. The second kappa shape index (κ2) is 9.82. The van der Waals surface area contributed by atoms with Gasteiger partial charge in [0.05, 0.1) is 4.90 Å². The number of benzene rings is 1. The van der Waals surface area contributed by atoms with Crippen molar-refractivity contribution in [3.8, 4) is 0 Å². The molecule has 2 heterocycles. The summed E-state index contributed by atoms with van der Waals surface area (Å²) in [6.45, 7) is 6.30. The molecule has 2 aliphatic heterocycles. The maximum atomic E-state index is 12.9. The molecule has 1 aromatic rings. The molecule has 2 aliphatic rings. The fourth-order valence-electron chi connectivity index (χ4n) is 3.76. The number of amides is 1. The average Bonchev–Trinajstić information content (AvgIpc) is 2.72. The molecule has 0 radical (unpaired) electrons. The molecule has 7 nitrogen and oxygen atoms in total. The van der Waals surface area contributed by atoms with Crippen LogP contribution in [0.1, 0.15) is 36.0 Å². The van der Waals surface area contributed by atoms with E-state index in [0.29, 0.717) is 25.2 Å². The van der Waals surface area contributed by atoms with Gasteiger partial charge in [0.25, 0.3) is 5.91 Å². The molecule has 0 unspecified atom stereocenters. The number of rotatable bonds is 7. The van der Waals surface area contributed by atoms with Crippen LogP contribution in [0.2, 0.25) is 0 Å². The van der Waals surface area contributed by atoms with Crippen LogP contribution in [0.25, 0.3) is 0 Å². The third-order valence-corrected chi connectivity index (χ3v) is 7.48. The molecule has 156 valence electrons. The second-order valence-electron chi connectivity index (χ2n) is 7.75. The van der Waals surface area contributed by atoms with Gasteiger partial charge in [-0.3, -0.25) is 4.79 Å². The van der Waals surface area contributed by atoms with Gasteiger partial charge in [-0.25, -0.2) is 8.42 Å². The van der Waals surface area contributed by atoms with E-state index in [1.54, 1.807) is 18.2 Å². The van der Waals surface area contributed by atoms with E-state index < -0.39 is 10.0 Å². The zero-order valence-electron chi connectivity index (χ0n) is 16.8. The van der Waals surface area contributed by atoms with Crippen LogP contribution in [0.3, 0.4) is 0 Å². The predicted molar refractivity (Wildman–Crippen MR) is 110 cm³/mol. The molecule has 28 heavy (non-hydrogen) atoms. The summed E-state index contributed by atoms with van der Waals surface area (Å²) in [6, 6.07) is 6.38. The number of sulfonamides is 1. The first-order chi connectivity index (χ1) is 13.5. The van der Waals surface area contributed by atoms with Crippen molar-refractivity contribution in [2.75, 3.05) is 59.4 Å². The van der Waals surface area contributed by atoms with E-state index in [0.717, 1.165) is 39.1 Å². The molecule has 0 atom stereocenters. The Bertz CT molecular complexity index is 754. The molecule has 3 rings (SSSR count). The molecule has 0 aromatic heterocycles. The number of likely N-dealkylation sites (N-methyl/N-ethyl adjacent to an activating group) is 1. The predicted octanol–water partition coefficient (Wildman–Crippen LogP) is 1.23. The van der Waals surface area contributed by atoms with E-state index in [1.807, 2.05) is 7.05 Å². The van der Waals surface area contributed by atoms with Gasteiger partial charge in [-0.1, -0.05) is 12.5 Å². The number of carbonyl (C=O) groups excluding carboxylic acids is 1. The standard InChI is InChI=1S/C20H32N4O3S/c1-22-13-15-24(16-14-22)28(26,27)19-8-5-7-18(17-19)20(25)21-9-6-12-23-10-3-2-4-11-23/h5,7-8,17H,2-4,6,9-16H2,1H3,(H,21,25). The van der Waals surface area contributed by atoms with Crippen molar-refractivity contribution in [3.05, 3.63) is 29.8 Å². The lowest BCUT2D eigenvalue weighted by atomic mass is 10.1. The van der Waals surface area contributed by atoms with Gasteiger partial charge < -0.3 is 15.1 Å². The zero-order chi connectivity index (χ0) is 20.0. The summed E-state index contributed by atoms with van der Waals surface area (Å²) < 4.78 is 27.3. The third kappa shape index (κ3) is 5.53. The summed E-state index contributed by atoms with van der Waals surface area (Å²) in [5.74, 6) is -0.214. The molecule has 2 fully saturated rings. The monoisotopic (exact) mass is 408 g/mol. The number of nitrogens with one attached hydrogen (secondary N) is 1. The smallest absolute Gasteiger partial charge is 0.251 e. The van der Waals surface area contributed by atoms with Gasteiger partial charge in [-0.15, -0.1) is 0 Å². The minimum absolute atomic E-state index is 0.193. The molecule has 0 bridgehead atoms. The normalized spacial score (nSPS) is 20.2. The van der Waals surface area contributed by atoms with Gasteiger partial charge in [0.2, 0.25) is 10.0 Å². The van der Waals surface area contributed by atoms with Crippen molar-refractivity contribution in [3.63, 3.8) is 0 Å². The fourth-order valence-corrected chi connectivity index (χ4v) is 5.23. The number of piperazine rings is 1. The third-order valence-electron chi connectivity index (χ3n) is 5.58. The van der Waals surface area contributed by atoms with E-state index in [-0.39, 0.29) is 10.8 Å². The molecule has 8 heteroatoms. The number of hydrogen-bond donors (Lipinski definition) is 1. The Kier molecular flexibility index (Phi) is 7.45. The van der Waals surface area contributed by atoms with Crippen LogP contribution < -0.4 is 5.32 Å². The maximum absolute atomic E-state index is 12.9. The fraction of sp³-hybridized carbons (Fsp3) is 0.650. The molecule has 0 aliphatic carbocycles. The summed E-state index contributed by atoms with van der Waals surface area (Å²) in [4.78, 5) is 17.2. The number of piperidine rings is 1. The van der Waals surface area contributed by atoms with E-state index in [4.69, 9.17) is 0 Å². The molecule has 2 saturated heterocycles. The minimum Gasteiger partial charge on any atom is -0.352 e. The van der Waals surface area contributed by atoms with Crippen LogP contribution in [0.4, 0.5) is 0 Å². The van der Waals surface area contributed by atoms with Crippen LogP contribution in [0.5, 0.6) is 0 Å². The number of likely N-dealkylation sites (tertiary alicyclic amines) is 1.